The Morgan fingerprint density at radius 3 is 1.41 bits per heavy atom. The first-order chi connectivity index (χ1) is 33.8. The van der Waals surface area contributed by atoms with Gasteiger partial charge >= 0.3 is 0 Å². The number of allylic oxidation sites excluding steroid dienone is 2. The Labute approximate surface area is 406 Å². The molecule has 0 saturated carbocycles. The summed E-state index contributed by atoms with van der Waals surface area (Å²) in [5.41, 5.74) is 26.6. The molecule has 9 aromatic rings. The van der Waals surface area contributed by atoms with Gasteiger partial charge in [0.2, 0.25) is 0 Å². The fourth-order valence-electron chi connectivity index (χ4n) is 13.5. The van der Waals surface area contributed by atoms with Crippen molar-refractivity contribution in [3.05, 3.63) is 269 Å². The van der Waals surface area contributed by atoms with E-state index in [2.05, 4.69) is 262 Å². The van der Waals surface area contributed by atoms with Crippen molar-refractivity contribution in [1.29, 1.82) is 0 Å². The highest BCUT2D eigenvalue weighted by Gasteiger charge is 2.52. The maximum Gasteiger partial charge on any atom is 0.0725 e. The first-order valence-electron chi connectivity index (χ1n) is 24.7. The molecule has 9 aromatic carbocycles. The molecular formula is C67H52N2. The highest BCUT2D eigenvalue weighted by Crippen LogP contribution is 2.65. The van der Waals surface area contributed by atoms with Crippen molar-refractivity contribution in [2.45, 2.75) is 56.4 Å². The van der Waals surface area contributed by atoms with Crippen LogP contribution >= 0.6 is 0 Å². The van der Waals surface area contributed by atoms with Crippen LogP contribution in [0, 0.1) is 0 Å². The van der Waals surface area contributed by atoms with E-state index < -0.39 is 5.41 Å². The van der Waals surface area contributed by atoms with Crippen LogP contribution in [0.5, 0.6) is 0 Å². The van der Waals surface area contributed by atoms with Crippen LogP contribution in [-0.4, -0.2) is 6.04 Å². The van der Waals surface area contributed by atoms with Gasteiger partial charge in [0.05, 0.1) is 17.1 Å². The maximum absolute atomic E-state index is 2.64. The molecule has 1 atom stereocenters. The monoisotopic (exact) mass is 884 g/mol. The third-order valence-electron chi connectivity index (χ3n) is 16.6. The lowest BCUT2D eigenvalue weighted by molar-refractivity contribution is 0.660. The van der Waals surface area contributed by atoms with Gasteiger partial charge in [-0.05, 0) is 133 Å². The zero-order chi connectivity index (χ0) is 46.2. The van der Waals surface area contributed by atoms with E-state index in [1.807, 2.05) is 0 Å². The van der Waals surface area contributed by atoms with E-state index in [0.29, 0.717) is 0 Å². The van der Waals surface area contributed by atoms with Crippen LogP contribution in [0.4, 0.5) is 28.4 Å². The van der Waals surface area contributed by atoms with Gasteiger partial charge in [0.15, 0.2) is 0 Å². The predicted molar refractivity (Wildman–Crippen MR) is 288 cm³/mol. The van der Waals surface area contributed by atoms with E-state index in [1.54, 1.807) is 0 Å². The molecule has 5 aliphatic rings. The van der Waals surface area contributed by atoms with Crippen LogP contribution < -0.4 is 9.80 Å². The number of rotatable bonds is 6. The van der Waals surface area contributed by atoms with Crippen LogP contribution in [0.3, 0.4) is 0 Å². The Morgan fingerprint density at radius 2 is 0.826 bits per heavy atom. The average Bonchev–Trinajstić information content (AvgIpc) is 4.02. The number of anilines is 5. The minimum absolute atomic E-state index is 0.111. The van der Waals surface area contributed by atoms with Crippen LogP contribution in [0.15, 0.2) is 224 Å². The first-order valence-corrected chi connectivity index (χ1v) is 24.7. The van der Waals surface area contributed by atoms with Crippen molar-refractivity contribution >= 4 is 28.4 Å². The van der Waals surface area contributed by atoms with Gasteiger partial charge in [-0.3, -0.25) is 0 Å². The maximum atomic E-state index is 2.64. The van der Waals surface area contributed by atoms with Crippen molar-refractivity contribution < 1.29 is 0 Å². The molecular weight excluding hydrogens is 833 g/mol. The van der Waals surface area contributed by atoms with Crippen LogP contribution in [0.25, 0.3) is 44.5 Å². The van der Waals surface area contributed by atoms with Crippen LogP contribution in [0.1, 0.15) is 78.6 Å². The highest BCUT2D eigenvalue weighted by atomic mass is 15.2. The third kappa shape index (κ3) is 5.38. The van der Waals surface area contributed by atoms with Gasteiger partial charge in [-0.2, -0.15) is 0 Å². The van der Waals surface area contributed by atoms with Gasteiger partial charge in [-0.15, -0.1) is 0 Å². The molecule has 0 saturated heterocycles. The van der Waals surface area contributed by atoms with E-state index in [1.165, 1.54) is 106 Å². The van der Waals surface area contributed by atoms with E-state index in [-0.39, 0.29) is 16.9 Å². The van der Waals surface area contributed by atoms with Crippen LogP contribution in [0.2, 0.25) is 0 Å². The highest BCUT2D eigenvalue weighted by molar-refractivity contribution is 6.00. The zero-order valence-electron chi connectivity index (χ0n) is 39.5. The number of nitrogens with zero attached hydrogens (tertiary/aromatic N) is 2. The Morgan fingerprint density at radius 1 is 0.362 bits per heavy atom. The van der Waals surface area contributed by atoms with Gasteiger partial charge in [-0.25, -0.2) is 0 Å². The topological polar surface area (TPSA) is 6.48 Å². The molecule has 5 aliphatic carbocycles. The van der Waals surface area contributed by atoms with Gasteiger partial charge in [0, 0.05) is 44.7 Å². The average molecular weight is 885 g/mol. The van der Waals surface area contributed by atoms with Gasteiger partial charge in [0.1, 0.15) is 0 Å². The lowest BCUT2D eigenvalue weighted by atomic mass is 9.70. The molecule has 0 fully saturated rings. The predicted octanol–water partition coefficient (Wildman–Crippen LogP) is 17.1. The Hall–Kier alpha value is -7.94. The molecule has 69 heavy (non-hydrogen) atoms. The summed E-state index contributed by atoms with van der Waals surface area (Å²) in [6.07, 6.45) is 10.1. The Bertz CT molecular complexity index is 3630. The molecule has 14 rings (SSSR count). The third-order valence-corrected chi connectivity index (χ3v) is 16.6. The zero-order valence-corrected chi connectivity index (χ0v) is 39.5. The molecule has 0 aromatic heterocycles. The summed E-state index contributed by atoms with van der Waals surface area (Å²) in [5, 5.41) is 0. The van der Waals surface area contributed by atoms with Crippen molar-refractivity contribution in [3.8, 4) is 44.5 Å². The lowest BCUT2D eigenvalue weighted by Crippen LogP contribution is -2.31. The van der Waals surface area contributed by atoms with Crippen molar-refractivity contribution in [1.82, 2.24) is 0 Å². The van der Waals surface area contributed by atoms with Crippen molar-refractivity contribution in [2.75, 3.05) is 9.80 Å². The van der Waals surface area contributed by atoms with E-state index >= 15 is 0 Å². The van der Waals surface area contributed by atoms with Gasteiger partial charge in [0.25, 0.3) is 0 Å². The van der Waals surface area contributed by atoms with Crippen molar-refractivity contribution in [2.24, 2.45) is 0 Å². The first kappa shape index (κ1) is 40.2. The minimum Gasteiger partial charge on any atom is -0.334 e. The van der Waals surface area contributed by atoms with E-state index in [4.69, 9.17) is 0 Å². The summed E-state index contributed by atoms with van der Waals surface area (Å²) in [6.45, 7) is 9.53. The molecule has 1 spiro atoms. The Kier molecular flexibility index (Phi) is 8.46. The second kappa shape index (κ2) is 14.5. The Balaban J connectivity index is 1.04. The SMILES string of the molecule is CC1(C)c2ccccc2-c2c(N(c3ccccc3)c3ccc4c(c3)-c3cc(N(c5cccc6c5-c5ccccc5C6(C)C)C5C=CC=CC5)ccc3C43c4ccccc4-c4ccccc43)cccc21. The fourth-order valence-corrected chi connectivity index (χ4v) is 13.5. The molecule has 1 unspecified atom stereocenters. The number of benzene rings is 9. The van der Waals surface area contributed by atoms with Crippen molar-refractivity contribution in [3.63, 3.8) is 0 Å². The van der Waals surface area contributed by atoms with Crippen LogP contribution in [-0.2, 0) is 16.2 Å². The molecule has 2 heteroatoms. The molecule has 0 radical (unpaired) electrons. The summed E-state index contributed by atoms with van der Waals surface area (Å²) in [6, 6.07) is 76.3. The molecule has 0 N–H and O–H groups in total. The normalized spacial score (nSPS) is 17.0. The van der Waals surface area contributed by atoms with E-state index in [9.17, 15) is 0 Å². The smallest absolute Gasteiger partial charge is 0.0725 e. The minimum atomic E-state index is -0.487. The number of fused-ring (bicyclic) bond motifs is 16. The number of hydrogen-bond acceptors (Lipinski definition) is 2. The molecule has 330 valence electrons. The standard InChI is InChI=1S/C67H52N2/c1-65(2)53-29-15-13-27-49(53)63-59(65)33-19-35-61(63)68(43-21-7-5-8-22-43)45-37-39-57-51(41-45)52-42-46(38-40-58(52)67(57)55-31-17-11-25-47(55)48-26-12-18-32-56(48)67)69(44-23-9-6-10-24-44)62-36-20-34-60-64(62)50-28-14-16-30-54(50)66(60,3)4/h5-23,25-42,44H,24H2,1-4H3. The largest absolute Gasteiger partial charge is 0.334 e. The second-order valence-corrected chi connectivity index (χ2v) is 20.7. The second-order valence-electron chi connectivity index (χ2n) is 20.7. The summed E-state index contributed by atoms with van der Waals surface area (Å²) in [5.74, 6) is 0. The summed E-state index contributed by atoms with van der Waals surface area (Å²) >= 11 is 0. The molecule has 0 bridgehead atoms. The molecule has 0 amide bonds. The quantitative estimate of drug-likeness (QED) is 0.164. The lowest BCUT2D eigenvalue weighted by Gasteiger charge is -2.35. The number of hydrogen-bond donors (Lipinski definition) is 0. The van der Waals surface area contributed by atoms with E-state index in [0.717, 1.165) is 17.8 Å². The fraction of sp³-hybridized carbons (Fsp3) is 0.134. The molecule has 0 aliphatic heterocycles. The summed E-state index contributed by atoms with van der Waals surface area (Å²) in [4.78, 5) is 5.16. The van der Waals surface area contributed by atoms with Gasteiger partial charge < -0.3 is 9.80 Å². The molecule has 2 nitrogen and oxygen atoms in total. The number of para-hydroxylation sites is 1. The molecule has 0 heterocycles. The van der Waals surface area contributed by atoms with Gasteiger partial charge in [-0.1, -0.05) is 204 Å². The summed E-state index contributed by atoms with van der Waals surface area (Å²) in [7, 11) is 0. The summed E-state index contributed by atoms with van der Waals surface area (Å²) < 4.78 is 0.